The van der Waals surface area contributed by atoms with E-state index in [-0.39, 0.29) is 17.1 Å². The Bertz CT molecular complexity index is 927. The molecule has 0 aromatic heterocycles. The number of hydrogen-bond donors (Lipinski definition) is 1. The Morgan fingerprint density at radius 3 is 2.48 bits per heavy atom. The molecular formula is C22H22ClNO5. The Labute approximate surface area is 174 Å². The van der Waals surface area contributed by atoms with Crippen LogP contribution in [-0.2, 0) is 19.9 Å². The first-order valence-corrected chi connectivity index (χ1v) is 9.75. The van der Waals surface area contributed by atoms with Crippen LogP contribution in [-0.4, -0.2) is 41.3 Å². The minimum atomic E-state index is -1.17. The number of likely N-dealkylation sites (N-methyl/N-ethyl adjacent to an activating group) is 1. The monoisotopic (exact) mass is 415 g/mol. The maximum absolute atomic E-state index is 13.0. The third kappa shape index (κ3) is 4.12. The summed E-state index contributed by atoms with van der Waals surface area (Å²) in [5.74, 6) is -1.23. The SMILES string of the molecule is CN(C(=O)COC(=O)c1ccc(O)cc1)[C@@]1(c2ccccc2Cl)CCCCC1=O. The van der Waals surface area contributed by atoms with Crippen molar-refractivity contribution >= 4 is 29.3 Å². The lowest BCUT2D eigenvalue weighted by Crippen LogP contribution is -2.55. The first kappa shape index (κ1) is 20.9. The normalized spacial score (nSPS) is 18.9. The number of carbonyl (C=O) groups excluding carboxylic acids is 3. The fraction of sp³-hybridized carbons (Fsp3) is 0.318. The fourth-order valence-corrected chi connectivity index (χ4v) is 4.04. The van der Waals surface area contributed by atoms with Gasteiger partial charge in [0.05, 0.1) is 5.56 Å². The van der Waals surface area contributed by atoms with E-state index in [9.17, 15) is 19.5 Å². The number of halogens is 1. The number of nitrogens with zero attached hydrogens (tertiary/aromatic N) is 1. The summed E-state index contributed by atoms with van der Waals surface area (Å²) in [5, 5.41) is 9.72. The first-order chi connectivity index (χ1) is 13.9. The maximum atomic E-state index is 13.0. The van der Waals surface area contributed by atoms with E-state index in [0.29, 0.717) is 23.4 Å². The highest BCUT2D eigenvalue weighted by molar-refractivity contribution is 6.31. The molecule has 0 heterocycles. The van der Waals surface area contributed by atoms with Crippen LogP contribution in [0.3, 0.4) is 0 Å². The molecule has 3 rings (SSSR count). The van der Waals surface area contributed by atoms with E-state index in [0.717, 1.165) is 12.8 Å². The molecule has 1 saturated carbocycles. The summed E-state index contributed by atoms with van der Waals surface area (Å²) in [6.45, 7) is -0.504. The molecule has 0 saturated heterocycles. The van der Waals surface area contributed by atoms with Crippen LogP contribution in [0.4, 0.5) is 0 Å². The van der Waals surface area contributed by atoms with Gasteiger partial charge in [-0.05, 0) is 49.6 Å². The molecule has 7 heteroatoms. The number of aromatic hydroxyl groups is 1. The molecule has 0 unspecified atom stereocenters. The molecule has 0 spiro atoms. The van der Waals surface area contributed by atoms with Gasteiger partial charge in [0.1, 0.15) is 11.3 Å². The lowest BCUT2D eigenvalue weighted by atomic mass is 9.74. The van der Waals surface area contributed by atoms with Crippen LogP contribution < -0.4 is 0 Å². The van der Waals surface area contributed by atoms with Crippen molar-refractivity contribution in [3.63, 3.8) is 0 Å². The predicted octanol–water partition coefficient (Wildman–Crippen LogP) is 3.70. The van der Waals surface area contributed by atoms with E-state index in [1.54, 1.807) is 31.3 Å². The van der Waals surface area contributed by atoms with Gasteiger partial charge < -0.3 is 14.7 Å². The Kier molecular flexibility index (Phi) is 6.23. The van der Waals surface area contributed by atoms with Gasteiger partial charge in [-0.2, -0.15) is 0 Å². The fourth-order valence-electron chi connectivity index (χ4n) is 3.75. The van der Waals surface area contributed by atoms with Gasteiger partial charge in [0, 0.05) is 24.1 Å². The van der Waals surface area contributed by atoms with Gasteiger partial charge in [-0.25, -0.2) is 4.79 Å². The van der Waals surface area contributed by atoms with Crippen molar-refractivity contribution in [2.45, 2.75) is 31.2 Å². The van der Waals surface area contributed by atoms with E-state index >= 15 is 0 Å². The lowest BCUT2D eigenvalue weighted by molar-refractivity contribution is -0.150. The Morgan fingerprint density at radius 1 is 1.14 bits per heavy atom. The third-order valence-corrected chi connectivity index (χ3v) is 5.68. The number of carbonyl (C=O) groups is 3. The van der Waals surface area contributed by atoms with Crippen LogP contribution >= 0.6 is 11.6 Å². The van der Waals surface area contributed by atoms with Crippen LogP contribution in [0, 0.1) is 0 Å². The number of esters is 1. The topological polar surface area (TPSA) is 83.9 Å². The zero-order chi connectivity index (χ0) is 21.0. The number of ketones is 1. The molecule has 29 heavy (non-hydrogen) atoms. The molecule has 2 aromatic rings. The van der Waals surface area contributed by atoms with E-state index in [1.165, 1.54) is 29.2 Å². The van der Waals surface area contributed by atoms with E-state index < -0.39 is 24.0 Å². The summed E-state index contributed by atoms with van der Waals surface area (Å²) in [6, 6.07) is 12.5. The molecule has 0 aliphatic heterocycles. The number of phenols is 1. The van der Waals surface area contributed by atoms with E-state index in [4.69, 9.17) is 16.3 Å². The highest BCUT2D eigenvalue weighted by Crippen LogP contribution is 2.42. The number of Topliss-reactive ketones (excluding diaryl/α,β-unsaturated/α-hetero) is 1. The van der Waals surface area contributed by atoms with Crippen molar-refractivity contribution in [3.8, 4) is 5.75 Å². The van der Waals surface area contributed by atoms with Crippen LogP contribution in [0.1, 0.15) is 41.6 Å². The summed E-state index contributed by atoms with van der Waals surface area (Å²) in [6.07, 6.45) is 2.37. The van der Waals surface area contributed by atoms with Crippen LogP contribution in [0.5, 0.6) is 5.75 Å². The largest absolute Gasteiger partial charge is 0.508 e. The molecule has 1 N–H and O–H groups in total. The minimum Gasteiger partial charge on any atom is -0.508 e. The summed E-state index contributed by atoms with van der Waals surface area (Å²) < 4.78 is 5.13. The zero-order valence-corrected chi connectivity index (χ0v) is 16.8. The molecule has 1 atom stereocenters. The van der Waals surface area contributed by atoms with Gasteiger partial charge in [0.2, 0.25) is 0 Å². The standard InChI is InChI=1S/C22H22ClNO5/c1-24(20(27)14-29-21(28)15-9-11-16(25)12-10-15)22(13-5-4-8-19(22)26)17-6-2-3-7-18(17)23/h2-3,6-7,9-12,25H,4-5,8,13-14H2,1H3/t22-/m1/s1. The third-order valence-electron chi connectivity index (χ3n) is 5.35. The number of amides is 1. The van der Waals surface area contributed by atoms with Crippen molar-refractivity contribution in [2.24, 2.45) is 0 Å². The molecule has 1 aliphatic carbocycles. The summed E-state index contributed by atoms with van der Waals surface area (Å²) in [5.41, 5.74) is -0.363. The van der Waals surface area contributed by atoms with Gasteiger partial charge >= 0.3 is 5.97 Å². The smallest absolute Gasteiger partial charge is 0.338 e. The average Bonchev–Trinajstić information content (AvgIpc) is 2.73. The second kappa shape index (κ2) is 8.66. The van der Waals surface area contributed by atoms with Gasteiger partial charge in [0.25, 0.3) is 5.91 Å². The van der Waals surface area contributed by atoms with Crippen molar-refractivity contribution < 1.29 is 24.2 Å². The lowest BCUT2D eigenvalue weighted by Gasteiger charge is -2.43. The quantitative estimate of drug-likeness (QED) is 0.753. The second-order valence-electron chi connectivity index (χ2n) is 7.05. The molecule has 152 valence electrons. The van der Waals surface area contributed by atoms with Crippen molar-refractivity contribution in [1.29, 1.82) is 0 Å². The number of benzene rings is 2. The molecular weight excluding hydrogens is 394 g/mol. The summed E-state index contributed by atoms with van der Waals surface area (Å²) in [4.78, 5) is 39.4. The van der Waals surface area contributed by atoms with Crippen LogP contribution in [0.25, 0.3) is 0 Å². The van der Waals surface area contributed by atoms with Crippen molar-refractivity contribution in [1.82, 2.24) is 4.90 Å². The number of ether oxygens (including phenoxy) is 1. The van der Waals surface area contributed by atoms with Gasteiger partial charge in [-0.15, -0.1) is 0 Å². The molecule has 1 amide bonds. The second-order valence-corrected chi connectivity index (χ2v) is 7.45. The predicted molar refractivity (Wildman–Crippen MR) is 108 cm³/mol. The van der Waals surface area contributed by atoms with Gasteiger partial charge in [0.15, 0.2) is 12.4 Å². The van der Waals surface area contributed by atoms with Gasteiger partial charge in [-0.1, -0.05) is 29.8 Å². The molecule has 1 aliphatic rings. The van der Waals surface area contributed by atoms with E-state index in [2.05, 4.69) is 0 Å². The Morgan fingerprint density at radius 2 is 1.83 bits per heavy atom. The highest BCUT2D eigenvalue weighted by Gasteiger charge is 2.47. The van der Waals surface area contributed by atoms with Crippen LogP contribution in [0.15, 0.2) is 48.5 Å². The minimum absolute atomic E-state index is 0.0230. The Balaban J connectivity index is 1.81. The molecule has 0 bridgehead atoms. The van der Waals surface area contributed by atoms with E-state index in [1.807, 2.05) is 0 Å². The summed E-state index contributed by atoms with van der Waals surface area (Å²) >= 11 is 6.39. The summed E-state index contributed by atoms with van der Waals surface area (Å²) in [7, 11) is 1.54. The average molecular weight is 416 g/mol. The molecule has 2 aromatic carbocycles. The maximum Gasteiger partial charge on any atom is 0.338 e. The van der Waals surface area contributed by atoms with Crippen LogP contribution in [0.2, 0.25) is 5.02 Å². The Hall–Kier alpha value is -2.86. The van der Waals surface area contributed by atoms with Gasteiger partial charge in [-0.3, -0.25) is 9.59 Å². The zero-order valence-electron chi connectivity index (χ0n) is 16.1. The molecule has 0 radical (unpaired) electrons. The highest BCUT2D eigenvalue weighted by atomic mass is 35.5. The first-order valence-electron chi connectivity index (χ1n) is 9.37. The van der Waals surface area contributed by atoms with Crippen molar-refractivity contribution in [2.75, 3.05) is 13.7 Å². The number of rotatable bonds is 5. The molecule has 6 nitrogen and oxygen atoms in total. The molecule has 1 fully saturated rings. The number of phenolic OH excluding ortho intramolecular Hbond substituents is 1. The van der Waals surface area contributed by atoms with Crippen molar-refractivity contribution in [3.05, 3.63) is 64.7 Å². The number of hydrogen-bond acceptors (Lipinski definition) is 5.